The van der Waals surface area contributed by atoms with Gasteiger partial charge in [0.05, 0.1) is 17.6 Å². The molecule has 0 aliphatic heterocycles. The van der Waals surface area contributed by atoms with E-state index in [9.17, 15) is 4.79 Å². The zero-order valence-electron chi connectivity index (χ0n) is 17.0. The minimum absolute atomic E-state index is 0.0908. The number of aromatic nitrogens is 2. The standard InChI is InChI=1S/C23H26ClN3O2/c1-4-7-22(28)25-11-10-21-26-19-8-5-6-9-20(19)27(21)12-13-29-18-14-16(2)23(24)17(3)15-18/h4-9,14-15H,10-13H2,1-3H3,(H,25,28)/b7-4+. The van der Waals surface area contributed by atoms with Gasteiger partial charge in [0.15, 0.2) is 0 Å². The Morgan fingerprint density at radius 3 is 2.69 bits per heavy atom. The maximum atomic E-state index is 11.6. The van der Waals surface area contributed by atoms with Crippen LogP contribution in [0.5, 0.6) is 5.75 Å². The number of carbonyl (C=O) groups is 1. The molecule has 0 aliphatic carbocycles. The van der Waals surface area contributed by atoms with Crippen molar-refractivity contribution in [1.82, 2.24) is 14.9 Å². The largest absolute Gasteiger partial charge is 0.492 e. The summed E-state index contributed by atoms with van der Waals surface area (Å²) in [5.41, 5.74) is 4.02. The lowest BCUT2D eigenvalue weighted by atomic mass is 10.1. The Labute approximate surface area is 176 Å². The van der Waals surface area contributed by atoms with E-state index in [4.69, 9.17) is 21.3 Å². The van der Waals surface area contributed by atoms with Gasteiger partial charge in [-0.3, -0.25) is 4.79 Å². The third kappa shape index (κ3) is 5.18. The fraction of sp³-hybridized carbons (Fsp3) is 0.304. The number of para-hydroxylation sites is 2. The Kier molecular flexibility index (Phi) is 6.94. The fourth-order valence-electron chi connectivity index (χ4n) is 3.32. The SMILES string of the molecule is C/C=C/C(=O)NCCc1nc2ccccc2n1CCOc1cc(C)c(Cl)c(C)c1. The quantitative estimate of drug-likeness (QED) is 0.550. The molecule has 2 aromatic carbocycles. The van der Waals surface area contributed by atoms with Crippen molar-refractivity contribution >= 4 is 28.5 Å². The number of nitrogens with one attached hydrogen (secondary N) is 1. The molecule has 5 nitrogen and oxygen atoms in total. The maximum absolute atomic E-state index is 11.6. The second-order valence-corrected chi connectivity index (χ2v) is 7.31. The van der Waals surface area contributed by atoms with E-state index < -0.39 is 0 Å². The molecule has 0 spiro atoms. The van der Waals surface area contributed by atoms with Gasteiger partial charge in [-0.2, -0.15) is 0 Å². The van der Waals surface area contributed by atoms with E-state index in [2.05, 4.69) is 16.0 Å². The molecule has 6 heteroatoms. The second-order valence-electron chi connectivity index (χ2n) is 6.93. The van der Waals surface area contributed by atoms with Crippen LogP contribution in [0, 0.1) is 13.8 Å². The zero-order valence-corrected chi connectivity index (χ0v) is 17.8. The van der Waals surface area contributed by atoms with Crippen LogP contribution in [-0.4, -0.2) is 28.6 Å². The summed E-state index contributed by atoms with van der Waals surface area (Å²) in [6.07, 6.45) is 3.89. The number of fused-ring (bicyclic) bond motifs is 1. The first-order chi connectivity index (χ1) is 14.0. The average molecular weight is 412 g/mol. The molecule has 0 bridgehead atoms. The molecule has 3 rings (SSSR count). The Balaban J connectivity index is 1.71. The number of hydrogen-bond acceptors (Lipinski definition) is 3. The Hall–Kier alpha value is -2.79. The number of benzene rings is 2. The number of rotatable bonds is 8. The van der Waals surface area contributed by atoms with Crippen molar-refractivity contribution in [3.8, 4) is 5.75 Å². The molecular formula is C23H26ClN3O2. The highest BCUT2D eigenvalue weighted by Crippen LogP contribution is 2.26. The van der Waals surface area contributed by atoms with Crippen LogP contribution < -0.4 is 10.1 Å². The van der Waals surface area contributed by atoms with Crippen LogP contribution in [0.4, 0.5) is 0 Å². The molecule has 0 aliphatic rings. The number of halogens is 1. The van der Waals surface area contributed by atoms with E-state index in [1.54, 1.807) is 6.08 Å². The molecule has 0 saturated carbocycles. The van der Waals surface area contributed by atoms with Crippen molar-refractivity contribution < 1.29 is 9.53 Å². The molecular weight excluding hydrogens is 386 g/mol. The first-order valence-electron chi connectivity index (χ1n) is 9.74. The molecule has 0 fully saturated rings. The molecule has 0 atom stereocenters. The smallest absolute Gasteiger partial charge is 0.243 e. The molecule has 0 radical (unpaired) electrons. The monoisotopic (exact) mass is 411 g/mol. The van der Waals surface area contributed by atoms with Crippen LogP contribution in [0.15, 0.2) is 48.6 Å². The van der Waals surface area contributed by atoms with Crippen molar-refractivity contribution in [2.24, 2.45) is 0 Å². The van der Waals surface area contributed by atoms with Gasteiger partial charge in [0.2, 0.25) is 5.91 Å². The van der Waals surface area contributed by atoms with Crippen LogP contribution >= 0.6 is 11.6 Å². The first-order valence-corrected chi connectivity index (χ1v) is 10.1. The molecule has 1 amide bonds. The van der Waals surface area contributed by atoms with E-state index in [0.29, 0.717) is 26.1 Å². The summed E-state index contributed by atoms with van der Waals surface area (Å²) in [7, 11) is 0. The summed E-state index contributed by atoms with van der Waals surface area (Å²) in [5, 5.41) is 3.66. The van der Waals surface area contributed by atoms with E-state index >= 15 is 0 Å². The molecule has 1 heterocycles. The third-order valence-corrected chi connectivity index (χ3v) is 5.29. The van der Waals surface area contributed by atoms with Gasteiger partial charge in [-0.15, -0.1) is 0 Å². The molecule has 1 aromatic heterocycles. The minimum atomic E-state index is -0.0908. The predicted molar refractivity (Wildman–Crippen MR) is 118 cm³/mol. The van der Waals surface area contributed by atoms with Gasteiger partial charge in [-0.05, 0) is 62.2 Å². The van der Waals surface area contributed by atoms with Crippen LogP contribution in [0.3, 0.4) is 0 Å². The lowest BCUT2D eigenvalue weighted by Crippen LogP contribution is -2.24. The number of ether oxygens (including phenoxy) is 1. The number of amides is 1. The van der Waals surface area contributed by atoms with Crippen molar-refractivity contribution in [2.45, 2.75) is 33.7 Å². The lowest BCUT2D eigenvalue weighted by Gasteiger charge is -2.13. The van der Waals surface area contributed by atoms with Crippen molar-refractivity contribution in [3.63, 3.8) is 0 Å². The van der Waals surface area contributed by atoms with Gasteiger partial charge in [0, 0.05) is 18.0 Å². The van der Waals surface area contributed by atoms with Crippen LogP contribution in [0.1, 0.15) is 23.9 Å². The molecule has 29 heavy (non-hydrogen) atoms. The van der Waals surface area contributed by atoms with Crippen molar-refractivity contribution in [1.29, 1.82) is 0 Å². The zero-order chi connectivity index (χ0) is 20.8. The molecule has 0 saturated heterocycles. The van der Waals surface area contributed by atoms with Gasteiger partial charge in [0.1, 0.15) is 18.2 Å². The summed E-state index contributed by atoms with van der Waals surface area (Å²) in [6.45, 7) is 7.49. The lowest BCUT2D eigenvalue weighted by molar-refractivity contribution is -0.116. The van der Waals surface area contributed by atoms with Crippen molar-refractivity contribution in [2.75, 3.05) is 13.2 Å². The highest BCUT2D eigenvalue weighted by Gasteiger charge is 2.11. The van der Waals surface area contributed by atoms with Gasteiger partial charge in [-0.1, -0.05) is 29.8 Å². The number of allylic oxidation sites excluding steroid dienone is 1. The van der Waals surface area contributed by atoms with E-state index in [1.165, 1.54) is 6.08 Å². The van der Waals surface area contributed by atoms with E-state index in [1.807, 2.05) is 51.1 Å². The second kappa shape index (κ2) is 9.61. The Bertz CT molecular complexity index is 1020. The first kappa shape index (κ1) is 20.9. The third-order valence-electron chi connectivity index (χ3n) is 4.69. The molecule has 1 N–H and O–H groups in total. The number of aryl methyl sites for hydroxylation is 2. The van der Waals surface area contributed by atoms with E-state index in [0.717, 1.165) is 38.8 Å². The van der Waals surface area contributed by atoms with Crippen LogP contribution in [-0.2, 0) is 17.8 Å². The van der Waals surface area contributed by atoms with E-state index in [-0.39, 0.29) is 5.91 Å². The maximum Gasteiger partial charge on any atom is 0.243 e. The molecule has 152 valence electrons. The Morgan fingerprint density at radius 1 is 1.24 bits per heavy atom. The number of nitrogens with zero attached hydrogens (tertiary/aromatic N) is 2. The van der Waals surface area contributed by atoms with Crippen molar-refractivity contribution in [3.05, 3.63) is 70.5 Å². The topological polar surface area (TPSA) is 56.2 Å². The summed E-state index contributed by atoms with van der Waals surface area (Å²) in [4.78, 5) is 16.4. The summed E-state index contributed by atoms with van der Waals surface area (Å²) in [6, 6.07) is 12.0. The van der Waals surface area contributed by atoms with Crippen LogP contribution in [0.25, 0.3) is 11.0 Å². The summed E-state index contributed by atoms with van der Waals surface area (Å²) < 4.78 is 8.15. The van der Waals surface area contributed by atoms with Gasteiger partial charge < -0.3 is 14.6 Å². The number of hydrogen-bond donors (Lipinski definition) is 1. The van der Waals surface area contributed by atoms with Gasteiger partial charge in [0.25, 0.3) is 0 Å². The number of carbonyl (C=O) groups excluding carboxylic acids is 1. The highest BCUT2D eigenvalue weighted by molar-refractivity contribution is 6.32. The molecule has 3 aromatic rings. The Morgan fingerprint density at radius 2 is 1.97 bits per heavy atom. The molecule has 0 unspecified atom stereocenters. The average Bonchev–Trinajstić information content (AvgIpc) is 3.04. The van der Waals surface area contributed by atoms with Gasteiger partial charge in [-0.25, -0.2) is 4.98 Å². The fourth-order valence-corrected chi connectivity index (χ4v) is 3.43. The highest BCUT2D eigenvalue weighted by atomic mass is 35.5. The number of imidazole rings is 1. The summed E-state index contributed by atoms with van der Waals surface area (Å²) in [5.74, 6) is 1.65. The predicted octanol–water partition coefficient (Wildman–Crippen LogP) is 4.62. The summed E-state index contributed by atoms with van der Waals surface area (Å²) >= 11 is 6.24. The minimum Gasteiger partial charge on any atom is -0.492 e. The van der Waals surface area contributed by atoms with Crippen LogP contribution in [0.2, 0.25) is 5.02 Å². The normalized spacial score (nSPS) is 11.3. The van der Waals surface area contributed by atoms with Gasteiger partial charge >= 0.3 is 0 Å².